The third-order valence-electron chi connectivity index (χ3n) is 1.17. The molecule has 0 saturated heterocycles. The van der Waals surface area contributed by atoms with Crippen molar-refractivity contribution in [3.8, 4) is 0 Å². The average Bonchev–Trinajstić information content (AvgIpc) is 2.33. The first kappa shape index (κ1) is 27.6. The van der Waals surface area contributed by atoms with Gasteiger partial charge in [-0.25, -0.2) is 4.31 Å². The predicted molar refractivity (Wildman–Crippen MR) is 83.3 cm³/mol. The molecular formula is C10H32N2O5P2. The summed E-state index contributed by atoms with van der Waals surface area (Å²) in [7, 11) is -6.40. The summed E-state index contributed by atoms with van der Waals surface area (Å²) in [6.07, 6.45) is 0. The molecule has 0 aromatic heterocycles. The van der Waals surface area contributed by atoms with Gasteiger partial charge in [0.15, 0.2) is 0 Å². The molecule has 0 saturated carbocycles. The van der Waals surface area contributed by atoms with Gasteiger partial charge in [0.05, 0.1) is 0 Å². The van der Waals surface area contributed by atoms with Gasteiger partial charge in [0.2, 0.25) is 0 Å². The van der Waals surface area contributed by atoms with E-state index in [-0.39, 0.29) is 0 Å². The summed E-state index contributed by atoms with van der Waals surface area (Å²) < 4.78 is 22.3. The van der Waals surface area contributed by atoms with Crippen molar-refractivity contribution in [3.63, 3.8) is 0 Å². The van der Waals surface area contributed by atoms with Crippen LogP contribution in [0.4, 0.5) is 0 Å². The first-order valence-corrected chi connectivity index (χ1v) is 9.03. The fourth-order valence-corrected chi connectivity index (χ4v) is 1.17. The lowest BCUT2D eigenvalue weighted by Crippen LogP contribution is -2.09. The second-order valence-corrected chi connectivity index (χ2v) is 4.43. The van der Waals surface area contributed by atoms with Gasteiger partial charge >= 0.3 is 16.5 Å². The fourth-order valence-electron chi connectivity index (χ4n) is 0.575. The van der Waals surface area contributed by atoms with Gasteiger partial charge in [-0.2, -0.15) is 0 Å². The van der Waals surface area contributed by atoms with Crippen molar-refractivity contribution in [1.82, 2.24) is 10.6 Å². The van der Waals surface area contributed by atoms with Gasteiger partial charge < -0.3 is 20.4 Å². The van der Waals surface area contributed by atoms with Gasteiger partial charge in [0.1, 0.15) is 0 Å². The van der Waals surface area contributed by atoms with E-state index in [1.54, 1.807) is 0 Å². The van der Waals surface area contributed by atoms with E-state index in [9.17, 15) is 9.13 Å². The summed E-state index contributed by atoms with van der Waals surface area (Å²) in [4.78, 5) is 15.4. The highest BCUT2D eigenvalue weighted by atomic mass is 31.2. The molecule has 0 spiro atoms. The molecule has 2 atom stereocenters. The molecule has 2 unspecified atom stereocenters. The Bertz CT molecular complexity index is 163. The largest absolute Gasteiger partial charge is 0.326 e. The summed E-state index contributed by atoms with van der Waals surface area (Å²) in [5, 5.41) is 6.22. The van der Waals surface area contributed by atoms with Crippen LogP contribution < -0.4 is 10.6 Å². The summed E-state index contributed by atoms with van der Waals surface area (Å²) >= 11 is 0. The Kier molecular flexibility index (Phi) is 44.9. The number of nitrogens with one attached hydrogen (secondary N) is 2. The molecule has 0 bridgehead atoms. The maximum absolute atomic E-state index is 9.44. The van der Waals surface area contributed by atoms with Crippen LogP contribution in [0.25, 0.3) is 0 Å². The zero-order chi connectivity index (χ0) is 16.1. The first-order valence-electron chi connectivity index (χ1n) is 6.51. The van der Waals surface area contributed by atoms with Crippen LogP contribution in [0.3, 0.4) is 0 Å². The quantitative estimate of drug-likeness (QED) is 0.554. The highest BCUT2D eigenvalue weighted by Crippen LogP contribution is 2.30. The minimum atomic E-state index is -3.20. The number of rotatable bonds is 6. The van der Waals surface area contributed by atoms with E-state index in [4.69, 9.17) is 9.79 Å². The van der Waals surface area contributed by atoms with E-state index >= 15 is 0 Å². The van der Waals surface area contributed by atoms with Gasteiger partial charge in [-0.3, -0.25) is 9.13 Å². The Hall–Kier alpha value is 0.260. The van der Waals surface area contributed by atoms with Crippen LogP contribution in [-0.2, 0) is 13.4 Å². The molecule has 122 valence electrons. The normalized spacial score (nSPS) is 11.6. The summed E-state index contributed by atoms with van der Waals surface area (Å²) in [6, 6.07) is 0. The van der Waals surface area contributed by atoms with Crippen LogP contribution in [0.2, 0.25) is 0 Å². The van der Waals surface area contributed by atoms with Gasteiger partial charge in [-0.05, 0) is 26.2 Å². The van der Waals surface area contributed by atoms with Crippen LogP contribution in [0.5, 0.6) is 0 Å². The van der Waals surface area contributed by atoms with Crippen molar-refractivity contribution in [3.05, 3.63) is 0 Å². The molecule has 0 aliphatic rings. The fraction of sp³-hybridized carbons (Fsp3) is 1.00. The van der Waals surface area contributed by atoms with E-state index in [1.165, 1.54) is 0 Å². The third-order valence-corrected chi connectivity index (χ3v) is 2.57. The van der Waals surface area contributed by atoms with E-state index in [2.05, 4.69) is 42.6 Å². The smallest absolute Gasteiger partial charge is 0.323 e. The van der Waals surface area contributed by atoms with Crippen molar-refractivity contribution in [1.29, 1.82) is 0 Å². The lowest BCUT2D eigenvalue weighted by Gasteiger charge is -1.86. The monoisotopic (exact) mass is 322 g/mol. The van der Waals surface area contributed by atoms with Crippen LogP contribution in [0.1, 0.15) is 41.5 Å². The minimum absolute atomic E-state index is 1.09. The Balaban J connectivity index is -0.0000000848. The van der Waals surface area contributed by atoms with Crippen molar-refractivity contribution in [2.75, 3.05) is 26.2 Å². The SMILES string of the molecule is CC.CCNCC.CCNCC.O=[PH](O)O[PH](=O)O. The molecular weight excluding hydrogens is 290 g/mol. The third kappa shape index (κ3) is 70.8. The Morgan fingerprint density at radius 2 is 1.00 bits per heavy atom. The molecule has 19 heavy (non-hydrogen) atoms. The summed E-state index contributed by atoms with van der Waals surface area (Å²) in [5.41, 5.74) is 0. The molecule has 0 aromatic carbocycles. The predicted octanol–water partition coefficient (Wildman–Crippen LogP) is 2.02. The maximum Gasteiger partial charge on any atom is 0.323 e. The molecule has 0 heterocycles. The lowest BCUT2D eigenvalue weighted by atomic mass is 10.7. The molecule has 9 heteroatoms. The van der Waals surface area contributed by atoms with E-state index in [1.807, 2.05) is 13.8 Å². The standard InChI is InChI=1S/2C4H11N.C2H6.H4O5P2/c2*1-3-5-4-2;1-2;1-6(2)5-7(3)4/h2*5H,3-4H2,1-2H3;1-2H3;6-7H,(H,1,2)(H,3,4). The Morgan fingerprint density at radius 1 is 0.789 bits per heavy atom. The minimum Gasteiger partial charge on any atom is -0.326 e. The Morgan fingerprint density at radius 3 is 1.00 bits per heavy atom. The summed E-state index contributed by atoms with van der Waals surface area (Å²) in [5.74, 6) is 0. The highest BCUT2D eigenvalue weighted by Gasteiger charge is 1.93. The Labute approximate surface area is 119 Å². The molecule has 4 N–H and O–H groups in total. The van der Waals surface area contributed by atoms with Crippen LogP contribution >= 0.6 is 16.5 Å². The van der Waals surface area contributed by atoms with Crippen LogP contribution in [0, 0.1) is 0 Å². The average molecular weight is 322 g/mol. The zero-order valence-corrected chi connectivity index (χ0v) is 14.9. The van der Waals surface area contributed by atoms with E-state index < -0.39 is 16.5 Å². The highest BCUT2D eigenvalue weighted by molar-refractivity contribution is 7.46. The second kappa shape index (κ2) is 30.9. The lowest BCUT2D eigenvalue weighted by molar-refractivity contribution is 0.371. The van der Waals surface area contributed by atoms with Crippen LogP contribution in [-0.4, -0.2) is 36.0 Å². The van der Waals surface area contributed by atoms with Gasteiger partial charge in [0, 0.05) is 0 Å². The number of hydrogen-bond acceptors (Lipinski definition) is 5. The molecule has 0 aromatic rings. The molecule has 0 fully saturated rings. The van der Waals surface area contributed by atoms with Crippen LogP contribution in [0.15, 0.2) is 0 Å². The molecule has 0 aliphatic heterocycles. The second-order valence-electron chi connectivity index (χ2n) is 2.55. The van der Waals surface area contributed by atoms with E-state index in [0.29, 0.717) is 0 Å². The molecule has 0 radical (unpaired) electrons. The van der Waals surface area contributed by atoms with Gasteiger partial charge in [-0.15, -0.1) is 0 Å². The van der Waals surface area contributed by atoms with Crippen molar-refractivity contribution >= 4 is 16.5 Å². The van der Waals surface area contributed by atoms with Gasteiger partial charge in [-0.1, -0.05) is 41.5 Å². The molecule has 0 aliphatic carbocycles. The summed E-state index contributed by atoms with van der Waals surface area (Å²) in [6.45, 7) is 16.8. The van der Waals surface area contributed by atoms with Crippen molar-refractivity contribution in [2.45, 2.75) is 41.5 Å². The van der Waals surface area contributed by atoms with Crippen molar-refractivity contribution < 1.29 is 23.2 Å². The molecule has 0 amide bonds. The number of hydrogen-bond donors (Lipinski definition) is 4. The first-order chi connectivity index (χ1) is 8.95. The van der Waals surface area contributed by atoms with Gasteiger partial charge in [0.25, 0.3) is 0 Å². The zero-order valence-electron chi connectivity index (χ0n) is 12.9. The van der Waals surface area contributed by atoms with E-state index in [0.717, 1.165) is 26.2 Å². The van der Waals surface area contributed by atoms with Crippen molar-refractivity contribution in [2.24, 2.45) is 0 Å². The topological polar surface area (TPSA) is 108 Å². The maximum atomic E-state index is 9.44. The molecule has 7 nitrogen and oxygen atoms in total. The molecule has 0 rings (SSSR count).